The predicted octanol–water partition coefficient (Wildman–Crippen LogP) is 3.06. The highest BCUT2D eigenvalue weighted by Gasteiger charge is 2.40. The molecule has 19 heavy (non-hydrogen) atoms. The molecule has 0 spiro atoms. The summed E-state index contributed by atoms with van der Waals surface area (Å²) in [6.07, 6.45) is 0.284. The first-order valence-corrected chi connectivity index (χ1v) is 6.24. The van der Waals surface area contributed by atoms with Gasteiger partial charge >= 0.3 is 5.97 Å². The van der Waals surface area contributed by atoms with Gasteiger partial charge in [0.2, 0.25) is 0 Å². The lowest BCUT2D eigenvalue weighted by atomic mass is 9.76. The molecule has 0 radical (unpaired) electrons. The molecule has 0 saturated carbocycles. The van der Waals surface area contributed by atoms with Crippen LogP contribution >= 0.6 is 0 Å². The fourth-order valence-corrected chi connectivity index (χ4v) is 2.48. The molecule has 5 heteroatoms. The molecule has 0 amide bonds. The largest absolute Gasteiger partial charge is 0.481 e. The van der Waals surface area contributed by atoms with Crippen molar-refractivity contribution in [2.75, 3.05) is 0 Å². The number of benzene rings is 1. The van der Waals surface area contributed by atoms with Crippen molar-refractivity contribution in [3.8, 4) is 0 Å². The van der Waals surface area contributed by atoms with Gasteiger partial charge in [0.1, 0.15) is 17.2 Å². The number of halogens is 2. The summed E-state index contributed by atoms with van der Waals surface area (Å²) in [5, 5.41) is 19.6. The van der Waals surface area contributed by atoms with Crippen LogP contribution in [0.2, 0.25) is 0 Å². The van der Waals surface area contributed by atoms with Gasteiger partial charge in [-0.25, -0.2) is 8.78 Å². The summed E-state index contributed by atoms with van der Waals surface area (Å²) in [6.45, 7) is 3.55. The quantitative estimate of drug-likeness (QED) is 0.836. The Hall–Kier alpha value is -1.49. The SMILES string of the molecule is CCC(CC)C(O)(CC(=O)O)c1cc(F)ccc1F. The first-order valence-electron chi connectivity index (χ1n) is 6.24. The summed E-state index contributed by atoms with van der Waals surface area (Å²) >= 11 is 0. The monoisotopic (exact) mass is 272 g/mol. The Labute approximate surface area is 110 Å². The standard InChI is InChI=1S/C14H18F2O3/c1-3-9(4-2)14(19,8-13(17)18)11-7-10(15)5-6-12(11)16/h5-7,9,19H,3-4,8H2,1-2H3,(H,17,18). The Bertz CT molecular complexity index is 458. The van der Waals surface area contributed by atoms with Crippen LogP contribution in [0.1, 0.15) is 38.7 Å². The lowest BCUT2D eigenvalue weighted by Gasteiger charge is -2.35. The summed E-state index contributed by atoms with van der Waals surface area (Å²) in [7, 11) is 0. The molecular weight excluding hydrogens is 254 g/mol. The first kappa shape index (κ1) is 15.6. The van der Waals surface area contributed by atoms with Gasteiger partial charge in [-0.3, -0.25) is 4.79 Å². The number of aliphatic carboxylic acids is 1. The van der Waals surface area contributed by atoms with Gasteiger partial charge in [0, 0.05) is 5.56 Å². The van der Waals surface area contributed by atoms with Gasteiger partial charge in [-0.1, -0.05) is 26.7 Å². The van der Waals surface area contributed by atoms with Gasteiger partial charge in [0.15, 0.2) is 0 Å². The number of aliphatic hydroxyl groups is 1. The third kappa shape index (κ3) is 3.29. The number of carbonyl (C=O) groups is 1. The lowest BCUT2D eigenvalue weighted by Crippen LogP contribution is -2.38. The molecule has 1 aromatic carbocycles. The van der Waals surface area contributed by atoms with Crippen LogP contribution in [0.15, 0.2) is 18.2 Å². The summed E-state index contributed by atoms with van der Waals surface area (Å²) in [5.74, 6) is -3.21. The van der Waals surface area contributed by atoms with Gasteiger partial charge in [-0.2, -0.15) is 0 Å². The molecule has 0 fully saturated rings. The van der Waals surface area contributed by atoms with E-state index in [9.17, 15) is 18.7 Å². The van der Waals surface area contributed by atoms with E-state index in [0.29, 0.717) is 12.8 Å². The predicted molar refractivity (Wildman–Crippen MR) is 66.6 cm³/mol. The zero-order valence-corrected chi connectivity index (χ0v) is 11.0. The number of carboxylic acid groups (broad SMARTS) is 1. The number of hydrogen-bond donors (Lipinski definition) is 2. The smallest absolute Gasteiger partial charge is 0.306 e. The molecule has 0 heterocycles. The van der Waals surface area contributed by atoms with Crippen LogP contribution in [0.25, 0.3) is 0 Å². The van der Waals surface area contributed by atoms with Crippen LogP contribution < -0.4 is 0 Å². The minimum atomic E-state index is -1.90. The maximum Gasteiger partial charge on any atom is 0.306 e. The highest BCUT2D eigenvalue weighted by Crippen LogP contribution is 2.38. The van der Waals surface area contributed by atoms with Gasteiger partial charge < -0.3 is 10.2 Å². The van der Waals surface area contributed by atoms with Crippen LogP contribution in [0.4, 0.5) is 8.78 Å². The molecule has 0 aliphatic heterocycles. The molecule has 1 aromatic rings. The highest BCUT2D eigenvalue weighted by molar-refractivity contribution is 5.68. The van der Waals surface area contributed by atoms with E-state index in [4.69, 9.17) is 5.11 Å². The molecule has 3 nitrogen and oxygen atoms in total. The second-order valence-electron chi connectivity index (χ2n) is 4.63. The van der Waals surface area contributed by atoms with Crippen molar-refractivity contribution in [3.05, 3.63) is 35.4 Å². The summed E-state index contributed by atoms with van der Waals surface area (Å²) in [4.78, 5) is 10.9. The van der Waals surface area contributed by atoms with E-state index >= 15 is 0 Å². The van der Waals surface area contributed by atoms with Crippen LogP contribution in [-0.2, 0) is 10.4 Å². The van der Waals surface area contributed by atoms with Crippen molar-refractivity contribution >= 4 is 5.97 Å². The molecule has 1 rings (SSSR count). The van der Waals surface area contributed by atoms with Crippen LogP contribution in [-0.4, -0.2) is 16.2 Å². The Morgan fingerprint density at radius 3 is 2.37 bits per heavy atom. The van der Waals surface area contributed by atoms with Crippen LogP contribution in [0, 0.1) is 17.6 Å². The minimum Gasteiger partial charge on any atom is -0.481 e. The van der Waals surface area contributed by atoms with E-state index in [1.165, 1.54) is 0 Å². The molecule has 1 unspecified atom stereocenters. The molecule has 0 aliphatic carbocycles. The molecule has 1 atom stereocenters. The van der Waals surface area contributed by atoms with E-state index in [1.54, 1.807) is 13.8 Å². The second kappa shape index (κ2) is 6.10. The van der Waals surface area contributed by atoms with Crippen molar-refractivity contribution in [2.45, 2.75) is 38.7 Å². The highest BCUT2D eigenvalue weighted by atomic mass is 19.1. The Morgan fingerprint density at radius 1 is 1.32 bits per heavy atom. The fraction of sp³-hybridized carbons (Fsp3) is 0.500. The lowest BCUT2D eigenvalue weighted by molar-refractivity contribution is -0.146. The molecule has 0 aromatic heterocycles. The number of rotatable bonds is 6. The maximum absolute atomic E-state index is 13.8. The van der Waals surface area contributed by atoms with Gasteiger partial charge in [-0.05, 0) is 24.1 Å². The average molecular weight is 272 g/mol. The first-order chi connectivity index (χ1) is 8.85. The van der Waals surface area contributed by atoms with Crippen molar-refractivity contribution in [2.24, 2.45) is 5.92 Å². The molecule has 106 valence electrons. The third-order valence-corrected chi connectivity index (χ3v) is 3.48. The van der Waals surface area contributed by atoms with E-state index in [2.05, 4.69) is 0 Å². The zero-order chi connectivity index (χ0) is 14.6. The van der Waals surface area contributed by atoms with E-state index < -0.39 is 35.5 Å². The zero-order valence-electron chi connectivity index (χ0n) is 11.0. The third-order valence-electron chi connectivity index (χ3n) is 3.48. The van der Waals surface area contributed by atoms with E-state index in [-0.39, 0.29) is 5.56 Å². The van der Waals surface area contributed by atoms with Gasteiger partial charge in [0.25, 0.3) is 0 Å². The van der Waals surface area contributed by atoms with Crippen LogP contribution in [0.3, 0.4) is 0 Å². The Balaban J connectivity index is 3.37. The Kier molecular flexibility index (Phi) is 5.00. The topological polar surface area (TPSA) is 57.5 Å². The molecular formula is C14H18F2O3. The molecule has 0 saturated heterocycles. The second-order valence-corrected chi connectivity index (χ2v) is 4.63. The van der Waals surface area contributed by atoms with Crippen molar-refractivity contribution in [1.82, 2.24) is 0 Å². The van der Waals surface area contributed by atoms with Crippen molar-refractivity contribution in [3.63, 3.8) is 0 Å². The molecule has 0 aliphatic rings. The van der Waals surface area contributed by atoms with Crippen molar-refractivity contribution in [1.29, 1.82) is 0 Å². The van der Waals surface area contributed by atoms with E-state index in [1.807, 2.05) is 0 Å². The summed E-state index contributed by atoms with van der Waals surface area (Å²) in [6, 6.07) is 2.71. The molecule has 2 N–H and O–H groups in total. The van der Waals surface area contributed by atoms with Gasteiger partial charge in [-0.15, -0.1) is 0 Å². The Morgan fingerprint density at radius 2 is 1.89 bits per heavy atom. The van der Waals surface area contributed by atoms with E-state index in [0.717, 1.165) is 18.2 Å². The summed E-state index contributed by atoms with van der Waals surface area (Å²) < 4.78 is 27.1. The fourth-order valence-electron chi connectivity index (χ4n) is 2.48. The minimum absolute atomic E-state index is 0.288. The average Bonchev–Trinajstić information content (AvgIpc) is 2.32. The number of hydrogen-bond acceptors (Lipinski definition) is 2. The van der Waals surface area contributed by atoms with Crippen molar-refractivity contribution < 1.29 is 23.8 Å². The van der Waals surface area contributed by atoms with Gasteiger partial charge in [0.05, 0.1) is 6.42 Å². The normalized spacial score (nSPS) is 14.4. The molecule has 0 bridgehead atoms. The summed E-state index contributed by atoms with van der Waals surface area (Å²) in [5.41, 5.74) is -2.19. The van der Waals surface area contributed by atoms with Crippen LogP contribution in [0.5, 0.6) is 0 Å². The number of carboxylic acids is 1. The maximum atomic E-state index is 13.8.